The van der Waals surface area contributed by atoms with Gasteiger partial charge < -0.3 is 10.0 Å². The van der Waals surface area contributed by atoms with E-state index in [2.05, 4.69) is 10.3 Å². The number of carbonyl (C=O) groups is 1. The van der Waals surface area contributed by atoms with Crippen molar-refractivity contribution >= 4 is 5.91 Å². The first-order valence-electron chi connectivity index (χ1n) is 6.55. The molecule has 2 heterocycles. The topological polar surface area (TPSA) is 71.2 Å². The van der Waals surface area contributed by atoms with Crippen molar-refractivity contribution in [2.45, 2.75) is 18.9 Å². The number of likely N-dealkylation sites (tertiary alicyclic amines) is 1. The third-order valence-electron chi connectivity index (χ3n) is 3.47. The van der Waals surface area contributed by atoms with Gasteiger partial charge in [0.2, 0.25) is 0 Å². The van der Waals surface area contributed by atoms with Gasteiger partial charge >= 0.3 is 0 Å². The molecule has 20 heavy (non-hydrogen) atoms. The fourth-order valence-corrected chi connectivity index (χ4v) is 2.35. The Kier molecular flexibility index (Phi) is 3.02. The first-order chi connectivity index (χ1) is 9.55. The van der Waals surface area contributed by atoms with Gasteiger partial charge in [0.25, 0.3) is 5.91 Å². The van der Waals surface area contributed by atoms with Crippen LogP contribution in [0.3, 0.4) is 0 Å². The van der Waals surface area contributed by atoms with Crippen molar-refractivity contribution < 1.29 is 9.90 Å². The highest BCUT2D eigenvalue weighted by Gasteiger charge is 2.35. The summed E-state index contributed by atoms with van der Waals surface area (Å²) in [4.78, 5) is 13.9. The number of benzene rings is 1. The van der Waals surface area contributed by atoms with Crippen LogP contribution < -0.4 is 0 Å². The Hall–Kier alpha value is -2.21. The number of carbonyl (C=O) groups excluding carboxylic acids is 1. The summed E-state index contributed by atoms with van der Waals surface area (Å²) in [6.45, 7) is 2.62. The lowest BCUT2D eigenvalue weighted by molar-refractivity contribution is 0.0569. The van der Waals surface area contributed by atoms with Crippen LogP contribution in [0.2, 0.25) is 0 Å². The Bertz CT molecular complexity index is 621. The highest BCUT2D eigenvalue weighted by molar-refractivity contribution is 5.92. The van der Waals surface area contributed by atoms with Gasteiger partial charge in [0.05, 0.1) is 17.5 Å². The van der Waals surface area contributed by atoms with Crippen molar-refractivity contribution in [2.24, 2.45) is 0 Å². The molecule has 1 amide bonds. The number of nitrogens with zero attached hydrogens (tertiary/aromatic N) is 4. The van der Waals surface area contributed by atoms with Gasteiger partial charge in [0.1, 0.15) is 0 Å². The normalized spacial score (nSPS) is 22.2. The molecule has 1 aromatic carbocycles. The van der Waals surface area contributed by atoms with Gasteiger partial charge in [-0.3, -0.25) is 4.79 Å². The number of para-hydroxylation sites is 1. The molecule has 6 heteroatoms. The highest BCUT2D eigenvalue weighted by Crippen LogP contribution is 2.21. The molecule has 0 radical (unpaired) electrons. The van der Waals surface area contributed by atoms with E-state index in [4.69, 9.17) is 0 Å². The van der Waals surface area contributed by atoms with E-state index in [1.165, 1.54) is 0 Å². The number of hydrogen-bond acceptors (Lipinski definition) is 4. The molecular formula is C14H16N4O2. The van der Waals surface area contributed by atoms with Gasteiger partial charge in [-0.2, -0.15) is 0 Å². The van der Waals surface area contributed by atoms with Gasteiger partial charge in [-0.1, -0.05) is 23.4 Å². The summed E-state index contributed by atoms with van der Waals surface area (Å²) in [6.07, 6.45) is 2.20. The molecule has 3 rings (SSSR count). The predicted octanol–water partition coefficient (Wildman–Crippen LogP) is 0.864. The van der Waals surface area contributed by atoms with E-state index < -0.39 is 5.60 Å². The second-order valence-corrected chi connectivity index (χ2v) is 5.36. The molecule has 0 aliphatic carbocycles. The van der Waals surface area contributed by atoms with Crippen LogP contribution in [0.25, 0.3) is 5.69 Å². The zero-order chi connectivity index (χ0) is 14.2. The summed E-state index contributed by atoms with van der Waals surface area (Å²) in [5.74, 6) is -0.190. The Morgan fingerprint density at radius 1 is 1.35 bits per heavy atom. The average molecular weight is 272 g/mol. The summed E-state index contributed by atoms with van der Waals surface area (Å²) in [5.41, 5.74) is 0.351. The molecule has 2 aromatic rings. The van der Waals surface area contributed by atoms with Crippen molar-refractivity contribution in [1.29, 1.82) is 0 Å². The fraction of sp³-hybridized carbons (Fsp3) is 0.357. The number of β-amino-alcohol motifs (C(OH)–C–C–N with tert-alkyl or cyclic N) is 1. The Morgan fingerprint density at radius 3 is 2.75 bits per heavy atom. The van der Waals surface area contributed by atoms with Crippen LogP contribution in [0.5, 0.6) is 0 Å². The van der Waals surface area contributed by atoms with Crippen LogP contribution in [0, 0.1) is 0 Å². The van der Waals surface area contributed by atoms with Crippen molar-refractivity contribution in [3.05, 3.63) is 42.2 Å². The molecule has 1 aliphatic rings. The minimum absolute atomic E-state index is 0.190. The summed E-state index contributed by atoms with van der Waals surface area (Å²) < 4.78 is 1.57. The highest BCUT2D eigenvalue weighted by atomic mass is 16.3. The van der Waals surface area contributed by atoms with Crippen LogP contribution >= 0.6 is 0 Å². The van der Waals surface area contributed by atoms with Crippen LogP contribution in [0.1, 0.15) is 23.8 Å². The lowest BCUT2D eigenvalue weighted by Gasteiger charge is -2.17. The maximum Gasteiger partial charge on any atom is 0.276 e. The molecule has 1 unspecified atom stereocenters. The van der Waals surface area contributed by atoms with Crippen molar-refractivity contribution in [3.63, 3.8) is 0 Å². The van der Waals surface area contributed by atoms with Gasteiger partial charge in [0, 0.05) is 13.1 Å². The molecule has 1 atom stereocenters. The second-order valence-electron chi connectivity index (χ2n) is 5.36. The lowest BCUT2D eigenvalue weighted by atomic mass is 10.1. The first-order valence-corrected chi connectivity index (χ1v) is 6.55. The van der Waals surface area contributed by atoms with Gasteiger partial charge in [-0.15, -0.1) is 5.10 Å². The molecule has 0 bridgehead atoms. The van der Waals surface area contributed by atoms with E-state index in [0.29, 0.717) is 25.2 Å². The summed E-state index contributed by atoms with van der Waals surface area (Å²) in [6, 6.07) is 9.50. The molecule has 1 aliphatic heterocycles. The smallest absolute Gasteiger partial charge is 0.276 e. The number of aliphatic hydroxyl groups is 1. The number of hydrogen-bond donors (Lipinski definition) is 1. The van der Waals surface area contributed by atoms with Crippen LogP contribution in [-0.4, -0.2) is 49.6 Å². The molecule has 0 spiro atoms. The van der Waals surface area contributed by atoms with Crippen LogP contribution in [0.15, 0.2) is 36.5 Å². The van der Waals surface area contributed by atoms with Crippen molar-refractivity contribution in [1.82, 2.24) is 19.9 Å². The van der Waals surface area contributed by atoms with E-state index in [1.807, 2.05) is 30.3 Å². The lowest BCUT2D eigenvalue weighted by Crippen LogP contribution is -2.34. The summed E-state index contributed by atoms with van der Waals surface area (Å²) >= 11 is 0. The first kappa shape index (κ1) is 12.8. The zero-order valence-corrected chi connectivity index (χ0v) is 11.2. The van der Waals surface area contributed by atoms with E-state index in [9.17, 15) is 9.90 Å². The van der Waals surface area contributed by atoms with Gasteiger partial charge in [-0.25, -0.2) is 4.68 Å². The van der Waals surface area contributed by atoms with Gasteiger partial charge in [0.15, 0.2) is 5.69 Å². The second kappa shape index (κ2) is 4.72. The fourth-order valence-electron chi connectivity index (χ4n) is 2.35. The Morgan fingerprint density at radius 2 is 2.10 bits per heavy atom. The molecule has 104 valence electrons. The maximum absolute atomic E-state index is 12.3. The van der Waals surface area contributed by atoms with Gasteiger partial charge in [-0.05, 0) is 25.5 Å². The number of amides is 1. The average Bonchev–Trinajstić information content (AvgIpc) is 3.05. The van der Waals surface area contributed by atoms with Crippen molar-refractivity contribution in [3.8, 4) is 5.69 Å². The minimum Gasteiger partial charge on any atom is -0.388 e. The standard InChI is InChI=1S/C14H16N4O2/c1-14(20)7-8-17(10-14)13(19)12-9-18(16-15-12)11-5-3-2-4-6-11/h2-6,9,20H,7-8,10H2,1H3. The summed E-state index contributed by atoms with van der Waals surface area (Å²) in [7, 11) is 0. The Balaban J connectivity index is 1.79. The van der Waals surface area contributed by atoms with E-state index >= 15 is 0 Å². The monoisotopic (exact) mass is 272 g/mol. The molecule has 0 saturated carbocycles. The Labute approximate surface area is 116 Å². The van der Waals surface area contributed by atoms with Crippen LogP contribution in [-0.2, 0) is 0 Å². The SMILES string of the molecule is CC1(O)CCN(C(=O)c2cn(-c3ccccc3)nn2)C1. The zero-order valence-electron chi connectivity index (χ0n) is 11.2. The number of rotatable bonds is 2. The van der Waals surface area contributed by atoms with Crippen molar-refractivity contribution in [2.75, 3.05) is 13.1 Å². The largest absolute Gasteiger partial charge is 0.388 e. The molecular weight excluding hydrogens is 256 g/mol. The predicted molar refractivity (Wildman–Crippen MR) is 72.5 cm³/mol. The van der Waals surface area contributed by atoms with E-state index in [-0.39, 0.29) is 5.91 Å². The van der Waals surface area contributed by atoms with Crippen LogP contribution in [0.4, 0.5) is 0 Å². The molecule has 1 fully saturated rings. The third-order valence-corrected chi connectivity index (χ3v) is 3.47. The quantitative estimate of drug-likeness (QED) is 0.880. The molecule has 1 saturated heterocycles. The maximum atomic E-state index is 12.3. The molecule has 1 aromatic heterocycles. The van der Waals surface area contributed by atoms with E-state index in [0.717, 1.165) is 5.69 Å². The van der Waals surface area contributed by atoms with E-state index in [1.54, 1.807) is 22.7 Å². The molecule has 6 nitrogen and oxygen atoms in total. The molecule has 1 N–H and O–H groups in total. The third kappa shape index (κ3) is 2.42. The number of aromatic nitrogens is 3. The minimum atomic E-state index is -0.801. The summed E-state index contributed by atoms with van der Waals surface area (Å²) in [5, 5.41) is 17.8.